The molecule has 100 valence electrons. The lowest BCUT2D eigenvalue weighted by atomic mass is 10.0. The van der Waals surface area contributed by atoms with Gasteiger partial charge in [0.2, 0.25) is 5.82 Å². The van der Waals surface area contributed by atoms with Gasteiger partial charge < -0.3 is 5.32 Å². The van der Waals surface area contributed by atoms with Crippen molar-refractivity contribution in [1.82, 2.24) is 30.8 Å². The van der Waals surface area contributed by atoms with Gasteiger partial charge in [0.15, 0.2) is 0 Å². The van der Waals surface area contributed by atoms with E-state index >= 15 is 0 Å². The topological polar surface area (TPSA) is 69.7 Å². The second-order valence-electron chi connectivity index (χ2n) is 4.92. The fourth-order valence-corrected chi connectivity index (χ4v) is 2.42. The molecular formula is C13H18N6. The fourth-order valence-electron chi connectivity index (χ4n) is 2.42. The van der Waals surface area contributed by atoms with E-state index in [1.165, 1.54) is 11.1 Å². The smallest absolute Gasteiger partial charge is 0.204 e. The number of benzene rings is 1. The van der Waals surface area contributed by atoms with E-state index in [2.05, 4.69) is 56.0 Å². The Balaban J connectivity index is 1.87. The molecule has 1 aliphatic heterocycles. The van der Waals surface area contributed by atoms with E-state index < -0.39 is 0 Å². The highest BCUT2D eigenvalue weighted by molar-refractivity contribution is 5.60. The Morgan fingerprint density at radius 1 is 1.26 bits per heavy atom. The zero-order valence-corrected chi connectivity index (χ0v) is 11.1. The molecule has 0 atom stereocenters. The first-order chi connectivity index (χ1) is 9.33. The SMILES string of the molecule is Cc1ccc(CN2CCNCC2)c(-c2nn[nH]n2)c1. The number of hydrogen-bond donors (Lipinski definition) is 2. The van der Waals surface area contributed by atoms with Crippen LogP contribution >= 0.6 is 0 Å². The van der Waals surface area contributed by atoms with Crippen molar-refractivity contribution in [2.24, 2.45) is 0 Å². The van der Waals surface area contributed by atoms with E-state index in [9.17, 15) is 0 Å². The van der Waals surface area contributed by atoms with Gasteiger partial charge in [-0.25, -0.2) is 0 Å². The highest BCUT2D eigenvalue weighted by Crippen LogP contribution is 2.22. The predicted molar refractivity (Wildman–Crippen MR) is 72.5 cm³/mol. The van der Waals surface area contributed by atoms with Crippen molar-refractivity contribution in [1.29, 1.82) is 0 Å². The standard InChI is InChI=1S/C13H18N6/c1-10-2-3-11(9-19-6-4-14-5-7-19)12(8-10)13-15-17-18-16-13/h2-3,8,14H,4-7,9H2,1H3,(H,15,16,17,18). The summed E-state index contributed by atoms with van der Waals surface area (Å²) in [4.78, 5) is 2.45. The fraction of sp³-hybridized carbons (Fsp3) is 0.462. The number of aromatic amines is 1. The van der Waals surface area contributed by atoms with Crippen LogP contribution in [0.2, 0.25) is 0 Å². The van der Waals surface area contributed by atoms with Crippen LogP contribution in [0, 0.1) is 6.92 Å². The van der Waals surface area contributed by atoms with E-state index in [4.69, 9.17) is 0 Å². The largest absolute Gasteiger partial charge is 0.314 e. The maximum absolute atomic E-state index is 4.10. The van der Waals surface area contributed by atoms with Crippen LogP contribution in [-0.4, -0.2) is 51.7 Å². The summed E-state index contributed by atoms with van der Waals surface area (Å²) < 4.78 is 0. The molecule has 0 amide bonds. The van der Waals surface area contributed by atoms with Crippen molar-refractivity contribution in [2.45, 2.75) is 13.5 Å². The number of aryl methyl sites for hydroxylation is 1. The molecule has 2 N–H and O–H groups in total. The molecule has 2 aromatic rings. The first-order valence-electron chi connectivity index (χ1n) is 6.59. The number of nitrogens with one attached hydrogen (secondary N) is 2. The summed E-state index contributed by atoms with van der Waals surface area (Å²) in [5.41, 5.74) is 3.55. The molecule has 6 nitrogen and oxygen atoms in total. The Labute approximate surface area is 112 Å². The van der Waals surface area contributed by atoms with Crippen LogP contribution in [0.25, 0.3) is 11.4 Å². The van der Waals surface area contributed by atoms with Crippen LogP contribution in [0.4, 0.5) is 0 Å². The van der Waals surface area contributed by atoms with Crippen LogP contribution < -0.4 is 5.32 Å². The summed E-state index contributed by atoms with van der Waals surface area (Å²) in [7, 11) is 0. The molecule has 2 heterocycles. The molecule has 0 bridgehead atoms. The lowest BCUT2D eigenvalue weighted by Gasteiger charge is -2.27. The van der Waals surface area contributed by atoms with Crippen molar-refractivity contribution in [2.75, 3.05) is 26.2 Å². The van der Waals surface area contributed by atoms with Gasteiger partial charge in [0.1, 0.15) is 0 Å². The second-order valence-corrected chi connectivity index (χ2v) is 4.92. The molecule has 0 unspecified atom stereocenters. The summed E-state index contributed by atoms with van der Waals surface area (Å²) in [5.74, 6) is 0.675. The zero-order chi connectivity index (χ0) is 13.1. The van der Waals surface area contributed by atoms with Crippen molar-refractivity contribution in [3.05, 3.63) is 29.3 Å². The van der Waals surface area contributed by atoms with Crippen LogP contribution in [-0.2, 0) is 6.54 Å². The molecule has 0 spiro atoms. The number of aromatic nitrogens is 4. The van der Waals surface area contributed by atoms with E-state index in [1.807, 2.05) is 0 Å². The lowest BCUT2D eigenvalue weighted by molar-refractivity contribution is 0.233. The molecule has 3 rings (SSSR count). The van der Waals surface area contributed by atoms with Crippen LogP contribution in [0.15, 0.2) is 18.2 Å². The molecule has 1 aromatic carbocycles. The maximum Gasteiger partial charge on any atom is 0.204 e. The molecule has 1 aliphatic rings. The Kier molecular flexibility index (Phi) is 3.52. The molecule has 6 heteroatoms. The van der Waals surface area contributed by atoms with Crippen molar-refractivity contribution in [3.63, 3.8) is 0 Å². The number of H-pyrrole nitrogens is 1. The number of piperazine rings is 1. The summed E-state index contributed by atoms with van der Waals surface area (Å²) in [5, 5.41) is 17.8. The molecule has 0 radical (unpaired) electrons. The number of hydrogen-bond acceptors (Lipinski definition) is 5. The third-order valence-electron chi connectivity index (χ3n) is 3.46. The van der Waals surface area contributed by atoms with E-state index in [0.29, 0.717) is 5.82 Å². The Morgan fingerprint density at radius 3 is 2.84 bits per heavy atom. The van der Waals surface area contributed by atoms with Crippen LogP contribution in [0.1, 0.15) is 11.1 Å². The number of rotatable bonds is 3. The number of tetrazole rings is 1. The minimum absolute atomic E-state index is 0.675. The highest BCUT2D eigenvalue weighted by Gasteiger charge is 2.15. The van der Waals surface area contributed by atoms with Gasteiger partial charge in [0.25, 0.3) is 0 Å². The van der Waals surface area contributed by atoms with E-state index in [1.54, 1.807) is 0 Å². The van der Waals surface area contributed by atoms with Gasteiger partial charge in [-0.05, 0) is 23.8 Å². The maximum atomic E-state index is 4.10. The van der Waals surface area contributed by atoms with Crippen LogP contribution in [0.3, 0.4) is 0 Å². The molecule has 0 saturated carbocycles. The third-order valence-corrected chi connectivity index (χ3v) is 3.46. The molecule has 1 fully saturated rings. The van der Waals surface area contributed by atoms with Gasteiger partial charge in [-0.3, -0.25) is 4.90 Å². The Morgan fingerprint density at radius 2 is 2.11 bits per heavy atom. The monoisotopic (exact) mass is 258 g/mol. The van der Waals surface area contributed by atoms with Gasteiger partial charge >= 0.3 is 0 Å². The minimum Gasteiger partial charge on any atom is -0.314 e. The van der Waals surface area contributed by atoms with Crippen molar-refractivity contribution < 1.29 is 0 Å². The van der Waals surface area contributed by atoms with Gasteiger partial charge in [0, 0.05) is 38.3 Å². The first kappa shape index (κ1) is 12.3. The molecule has 19 heavy (non-hydrogen) atoms. The first-order valence-corrected chi connectivity index (χ1v) is 6.59. The normalized spacial score (nSPS) is 16.7. The zero-order valence-electron chi connectivity index (χ0n) is 11.1. The molecular weight excluding hydrogens is 240 g/mol. The number of nitrogens with zero attached hydrogens (tertiary/aromatic N) is 4. The third kappa shape index (κ3) is 2.80. The summed E-state index contributed by atoms with van der Waals surface area (Å²) in [6.45, 7) is 7.30. The highest BCUT2D eigenvalue weighted by atomic mass is 15.5. The van der Waals surface area contributed by atoms with Crippen LogP contribution in [0.5, 0.6) is 0 Å². The van der Waals surface area contributed by atoms with Gasteiger partial charge in [-0.1, -0.05) is 17.7 Å². The lowest BCUT2D eigenvalue weighted by Crippen LogP contribution is -2.42. The predicted octanol–water partition coefficient (Wildman–Crippen LogP) is 0.580. The van der Waals surface area contributed by atoms with E-state index in [-0.39, 0.29) is 0 Å². The summed E-state index contributed by atoms with van der Waals surface area (Å²) in [6.07, 6.45) is 0. The van der Waals surface area contributed by atoms with Gasteiger partial charge in [0.05, 0.1) is 0 Å². The van der Waals surface area contributed by atoms with Gasteiger partial charge in [-0.2, -0.15) is 5.21 Å². The molecule has 1 aromatic heterocycles. The van der Waals surface area contributed by atoms with Crippen molar-refractivity contribution in [3.8, 4) is 11.4 Å². The summed E-state index contributed by atoms with van der Waals surface area (Å²) in [6, 6.07) is 6.44. The quantitative estimate of drug-likeness (QED) is 0.843. The molecule has 1 saturated heterocycles. The average Bonchev–Trinajstić information content (AvgIpc) is 2.96. The van der Waals surface area contributed by atoms with E-state index in [0.717, 1.165) is 38.3 Å². The molecule has 0 aliphatic carbocycles. The minimum atomic E-state index is 0.675. The van der Waals surface area contributed by atoms with Gasteiger partial charge in [-0.15, -0.1) is 10.2 Å². The Bertz CT molecular complexity index is 530. The van der Waals surface area contributed by atoms with Crippen molar-refractivity contribution >= 4 is 0 Å². The Hall–Kier alpha value is -1.79. The second kappa shape index (κ2) is 5.46. The summed E-state index contributed by atoms with van der Waals surface area (Å²) >= 11 is 0. The average molecular weight is 258 g/mol.